The SMILES string of the molecule is CC(C)C(CNCCNc1ccccc1)C(C)C. The molecule has 0 radical (unpaired) electrons. The van der Waals surface area contributed by atoms with Crippen molar-refractivity contribution in [3.63, 3.8) is 0 Å². The van der Waals surface area contributed by atoms with Crippen molar-refractivity contribution in [2.24, 2.45) is 17.8 Å². The topological polar surface area (TPSA) is 24.1 Å². The first-order valence-electron chi connectivity index (χ1n) is 7.11. The van der Waals surface area contributed by atoms with Crippen LogP contribution in [0.1, 0.15) is 27.7 Å². The van der Waals surface area contributed by atoms with Crippen LogP contribution in [0, 0.1) is 17.8 Å². The van der Waals surface area contributed by atoms with Gasteiger partial charge in [0.2, 0.25) is 0 Å². The second-order valence-electron chi connectivity index (χ2n) is 5.65. The maximum absolute atomic E-state index is 3.56. The molecule has 0 amide bonds. The molecule has 0 unspecified atom stereocenters. The van der Waals surface area contributed by atoms with Crippen LogP contribution in [0.25, 0.3) is 0 Å². The van der Waals surface area contributed by atoms with Crippen molar-refractivity contribution < 1.29 is 0 Å². The molecule has 102 valence electrons. The second kappa shape index (κ2) is 8.15. The van der Waals surface area contributed by atoms with Gasteiger partial charge in [-0.15, -0.1) is 0 Å². The van der Waals surface area contributed by atoms with E-state index in [9.17, 15) is 0 Å². The molecule has 0 atom stereocenters. The van der Waals surface area contributed by atoms with Gasteiger partial charge in [-0.2, -0.15) is 0 Å². The Morgan fingerprint density at radius 1 is 0.889 bits per heavy atom. The second-order valence-corrected chi connectivity index (χ2v) is 5.65. The molecule has 0 aromatic heterocycles. The molecular formula is C16H28N2. The van der Waals surface area contributed by atoms with Crippen LogP contribution in [0.5, 0.6) is 0 Å². The van der Waals surface area contributed by atoms with Gasteiger partial charge in [0.15, 0.2) is 0 Å². The molecule has 0 spiro atoms. The lowest BCUT2D eigenvalue weighted by Gasteiger charge is -2.25. The average molecular weight is 248 g/mol. The van der Waals surface area contributed by atoms with Crippen LogP contribution in [-0.2, 0) is 0 Å². The first-order valence-corrected chi connectivity index (χ1v) is 7.11. The van der Waals surface area contributed by atoms with Gasteiger partial charge in [-0.05, 0) is 36.4 Å². The summed E-state index contributed by atoms with van der Waals surface area (Å²) in [5, 5.41) is 6.97. The molecule has 0 saturated heterocycles. The Labute approximate surface area is 112 Å². The fraction of sp³-hybridized carbons (Fsp3) is 0.625. The quantitative estimate of drug-likeness (QED) is 0.687. The summed E-state index contributed by atoms with van der Waals surface area (Å²) in [6.07, 6.45) is 0. The molecule has 1 aromatic carbocycles. The lowest BCUT2D eigenvalue weighted by atomic mass is 9.85. The monoisotopic (exact) mass is 248 g/mol. The maximum atomic E-state index is 3.56. The number of para-hydroxylation sites is 1. The van der Waals surface area contributed by atoms with E-state index in [-0.39, 0.29) is 0 Å². The van der Waals surface area contributed by atoms with Crippen LogP contribution in [0.15, 0.2) is 30.3 Å². The van der Waals surface area contributed by atoms with E-state index in [1.807, 2.05) is 6.07 Å². The zero-order valence-electron chi connectivity index (χ0n) is 12.2. The Hall–Kier alpha value is -1.02. The van der Waals surface area contributed by atoms with Crippen LogP contribution in [0.2, 0.25) is 0 Å². The largest absolute Gasteiger partial charge is 0.384 e. The van der Waals surface area contributed by atoms with Crippen LogP contribution in [-0.4, -0.2) is 19.6 Å². The highest BCUT2D eigenvalue weighted by molar-refractivity contribution is 5.42. The molecule has 1 aromatic rings. The molecule has 18 heavy (non-hydrogen) atoms. The van der Waals surface area contributed by atoms with Gasteiger partial charge < -0.3 is 10.6 Å². The van der Waals surface area contributed by atoms with Gasteiger partial charge in [-0.25, -0.2) is 0 Å². The maximum Gasteiger partial charge on any atom is 0.0340 e. The van der Waals surface area contributed by atoms with Gasteiger partial charge in [0, 0.05) is 18.8 Å². The van der Waals surface area contributed by atoms with Crippen molar-refractivity contribution in [2.45, 2.75) is 27.7 Å². The standard InChI is InChI=1S/C16H28N2/c1-13(2)16(14(3)4)12-17-10-11-18-15-8-6-5-7-9-15/h5-9,13-14,16-18H,10-12H2,1-4H3. The molecule has 0 aliphatic rings. The minimum atomic E-state index is 0.750. The van der Waals surface area contributed by atoms with E-state index >= 15 is 0 Å². The third-order valence-corrected chi connectivity index (χ3v) is 3.50. The summed E-state index contributed by atoms with van der Waals surface area (Å²) in [7, 11) is 0. The van der Waals surface area contributed by atoms with E-state index in [4.69, 9.17) is 0 Å². The number of anilines is 1. The third kappa shape index (κ3) is 5.54. The van der Waals surface area contributed by atoms with Crippen molar-refractivity contribution in [3.05, 3.63) is 30.3 Å². The molecule has 1 rings (SSSR count). The van der Waals surface area contributed by atoms with Crippen molar-refractivity contribution in [1.29, 1.82) is 0 Å². The van der Waals surface area contributed by atoms with E-state index in [1.165, 1.54) is 5.69 Å². The third-order valence-electron chi connectivity index (χ3n) is 3.50. The fourth-order valence-corrected chi connectivity index (χ4v) is 2.36. The summed E-state index contributed by atoms with van der Waals surface area (Å²) in [6.45, 7) is 12.4. The predicted molar refractivity (Wildman–Crippen MR) is 81.0 cm³/mol. The van der Waals surface area contributed by atoms with Crippen LogP contribution in [0.4, 0.5) is 5.69 Å². The Balaban J connectivity index is 2.15. The normalized spacial score (nSPS) is 11.5. The van der Waals surface area contributed by atoms with Crippen LogP contribution >= 0.6 is 0 Å². The van der Waals surface area contributed by atoms with E-state index in [0.717, 1.165) is 37.4 Å². The minimum Gasteiger partial charge on any atom is -0.384 e. The molecule has 0 bridgehead atoms. The first-order chi connectivity index (χ1) is 8.61. The zero-order valence-corrected chi connectivity index (χ0v) is 12.2. The van der Waals surface area contributed by atoms with Crippen LogP contribution < -0.4 is 10.6 Å². The summed E-state index contributed by atoms with van der Waals surface area (Å²) in [4.78, 5) is 0. The lowest BCUT2D eigenvalue weighted by molar-refractivity contribution is 0.277. The molecule has 2 N–H and O–H groups in total. The number of hydrogen-bond acceptors (Lipinski definition) is 2. The summed E-state index contributed by atoms with van der Waals surface area (Å²) in [5.41, 5.74) is 1.20. The first kappa shape index (κ1) is 15.0. The summed E-state index contributed by atoms with van der Waals surface area (Å²) in [5.74, 6) is 2.26. The van der Waals surface area contributed by atoms with Crippen LogP contribution in [0.3, 0.4) is 0 Å². The van der Waals surface area contributed by atoms with Gasteiger partial charge in [-0.1, -0.05) is 45.9 Å². The highest BCUT2D eigenvalue weighted by Crippen LogP contribution is 2.19. The molecule has 0 saturated carbocycles. The van der Waals surface area contributed by atoms with Crippen molar-refractivity contribution >= 4 is 5.69 Å². The molecule has 2 nitrogen and oxygen atoms in total. The molecule has 0 aliphatic heterocycles. The highest BCUT2D eigenvalue weighted by Gasteiger charge is 2.16. The van der Waals surface area contributed by atoms with Crippen molar-refractivity contribution in [2.75, 3.05) is 25.0 Å². The Kier molecular flexibility index (Phi) is 6.81. The number of hydrogen-bond donors (Lipinski definition) is 2. The summed E-state index contributed by atoms with van der Waals surface area (Å²) in [6, 6.07) is 10.4. The zero-order chi connectivity index (χ0) is 13.4. The fourth-order valence-electron chi connectivity index (χ4n) is 2.36. The van der Waals surface area contributed by atoms with Crippen molar-refractivity contribution in [3.8, 4) is 0 Å². The summed E-state index contributed by atoms with van der Waals surface area (Å²) < 4.78 is 0. The van der Waals surface area contributed by atoms with Crippen molar-refractivity contribution in [1.82, 2.24) is 5.32 Å². The van der Waals surface area contributed by atoms with Gasteiger partial charge in [0.25, 0.3) is 0 Å². The number of benzene rings is 1. The summed E-state index contributed by atoms with van der Waals surface area (Å²) >= 11 is 0. The van der Waals surface area contributed by atoms with Gasteiger partial charge in [-0.3, -0.25) is 0 Å². The molecule has 0 heterocycles. The smallest absolute Gasteiger partial charge is 0.0340 e. The van der Waals surface area contributed by atoms with E-state index in [0.29, 0.717) is 0 Å². The molecule has 0 aliphatic carbocycles. The molecule has 2 heteroatoms. The number of rotatable bonds is 8. The van der Waals surface area contributed by atoms with E-state index < -0.39 is 0 Å². The lowest BCUT2D eigenvalue weighted by Crippen LogP contribution is -2.32. The van der Waals surface area contributed by atoms with Gasteiger partial charge >= 0.3 is 0 Å². The van der Waals surface area contributed by atoms with Gasteiger partial charge in [0.1, 0.15) is 0 Å². The van der Waals surface area contributed by atoms with Gasteiger partial charge in [0.05, 0.1) is 0 Å². The Morgan fingerprint density at radius 2 is 1.50 bits per heavy atom. The average Bonchev–Trinajstić information content (AvgIpc) is 2.34. The number of nitrogens with one attached hydrogen (secondary N) is 2. The van der Waals surface area contributed by atoms with E-state index in [2.05, 4.69) is 62.6 Å². The Bertz CT molecular complexity index is 298. The molecule has 0 fully saturated rings. The molecular weight excluding hydrogens is 220 g/mol. The predicted octanol–water partition coefficient (Wildman–Crippen LogP) is 3.62. The highest BCUT2D eigenvalue weighted by atomic mass is 14.9. The van der Waals surface area contributed by atoms with E-state index in [1.54, 1.807) is 0 Å². The minimum absolute atomic E-state index is 0.750. The Morgan fingerprint density at radius 3 is 2.06 bits per heavy atom.